The summed E-state index contributed by atoms with van der Waals surface area (Å²) in [5.41, 5.74) is 2.13. The summed E-state index contributed by atoms with van der Waals surface area (Å²) in [6, 6.07) is 7.03. The summed E-state index contributed by atoms with van der Waals surface area (Å²) in [4.78, 5) is 27.6. The van der Waals surface area contributed by atoms with Crippen LogP contribution in [0.25, 0.3) is 11.0 Å². The lowest BCUT2D eigenvalue weighted by Gasteiger charge is -2.40. The molecule has 1 saturated heterocycles. The Morgan fingerprint density at radius 1 is 1.43 bits per heavy atom. The molecule has 3 heterocycles. The molecule has 0 aliphatic carbocycles. The second-order valence-electron chi connectivity index (χ2n) is 6.70. The molecule has 1 aliphatic rings. The quantitative estimate of drug-likeness (QED) is 0.635. The summed E-state index contributed by atoms with van der Waals surface area (Å²) in [6.07, 6.45) is -5.08. The third kappa shape index (κ3) is 5.05. The third-order valence-electron chi connectivity index (χ3n) is 4.56. The summed E-state index contributed by atoms with van der Waals surface area (Å²) in [5, 5.41) is 29.2. The van der Waals surface area contributed by atoms with Crippen LogP contribution in [-0.4, -0.2) is 63.7 Å². The third-order valence-corrected chi connectivity index (χ3v) is 4.56. The lowest BCUT2D eigenvalue weighted by Crippen LogP contribution is -2.57. The Balaban J connectivity index is 0.000000396. The van der Waals surface area contributed by atoms with E-state index in [2.05, 4.69) is 17.2 Å². The highest BCUT2D eigenvalue weighted by atomic mass is 19.4. The lowest BCUT2D eigenvalue weighted by atomic mass is 10.1. The molecule has 0 bridgehead atoms. The number of carbonyl (C=O) groups is 1. The maximum absolute atomic E-state index is 12.3. The molecule has 0 unspecified atom stereocenters. The zero-order valence-corrected chi connectivity index (χ0v) is 16.1. The Hall–Kier alpha value is -3.17. The van der Waals surface area contributed by atoms with E-state index in [-0.39, 0.29) is 24.2 Å². The van der Waals surface area contributed by atoms with E-state index in [9.17, 15) is 23.1 Å². The minimum Gasteiger partial charge on any atom is -0.475 e. The molecule has 2 aromatic rings. The zero-order chi connectivity index (χ0) is 22.6. The van der Waals surface area contributed by atoms with Crippen molar-refractivity contribution in [2.45, 2.75) is 25.2 Å². The lowest BCUT2D eigenvalue weighted by molar-refractivity contribution is -0.192. The number of halogens is 3. The second-order valence-corrected chi connectivity index (χ2v) is 6.70. The van der Waals surface area contributed by atoms with E-state index in [1.807, 2.05) is 11.0 Å². The Kier molecular flexibility index (Phi) is 7.01. The minimum atomic E-state index is -5.08. The summed E-state index contributed by atoms with van der Waals surface area (Å²) < 4.78 is 33.3. The van der Waals surface area contributed by atoms with Gasteiger partial charge >= 0.3 is 12.1 Å². The number of carboxylic acids is 1. The number of nitriles is 1. The first kappa shape index (κ1) is 23.1. The number of aliphatic hydroxyl groups is 1. The fourth-order valence-corrected chi connectivity index (χ4v) is 3.01. The maximum Gasteiger partial charge on any atom is 0.490 e. The molecule has 1 fully saturated rings. The van der Waals surface area contributed by atoms with Crippen LogP contribution < -0.4 is 15.8 Å². The highest BCUT2D eigenvalue weighted by Gasteiger charge is 2.38. The number of aliphatic hydroxyl groups excluding tert-OH is 1. The Labute approximate surface area is 169 Å². The molecule has 30 heavy (non-hydrogen) atoms. The summed E-state index contributed by atoms with van der Waals surface area (Å²) in [7, 11) is 1.69. The van der Waals surface area contributed by atoms with Crippen molar-refractivity contribution in [1.82, 2.24) is 14.9 Å². The van der Waals surface area contributed by atoms with Crippen LogP contribution in [0, 0.1) is 11.3 Å². The van der Waals surface area contributed by atoms with Gasteiger partial charge in [0.15, 0.2) is 0 Å². The smallest absolute Gasteiger partial charge is 0.475 e. The number of anilines is 1. The Morgan fingerprint density at radius 3 is 2.60 bits per heavy atom. The predicted molar refractivity (Wildman–Crippen MR) is 101 cm³/mol. The molecule has 2 atom stereocenters. The highest BCUT2D eigenvalue weighted by molar-refractivity contribution is 5.89. The second kappa shape index (κ2) is 9.10. The van der Waals surface area contributed by atoms with Gasteiger partial charge in [-0.25, -0.2) is 9.78 Å². The zero-order valence-electron chi connectivity index (χ0n) is 16.1. The molecule has 9 nitrogen and oxygen atoms in total. The van der Waals surface area contributed by atoms with Crippen LogP contribution in [0.3, 0.4) is 0 Å². The van der Waals surface area contributed by atoms with Gasteiger partial charge in [0.2, 0.25) is 0 Å². The molecule has 0 spiro atoms. The van der Waals surface area contributed by atoms with Crippen LogP contribution in [0.2, 0.25) is 0 Å². The first-order chi connectivity index (χ1) is 14.0. The first-order valence-electron chi connectivity index (χ1n) is 8.81. The molecular formula is C18H20F3N5O4. The van der Waals surface area contributed by atoms with Crippen molar-refractivity contribution >= 4 is 22.7 Å². The van der Waals surface area contributed by atoms with Crippen molar-refractivity contribution in [3.63, 3.8) is 0 Å². The number of fused-ring (bicyclic) bond motifs is 1. The van der Waals surface area contributed by atoms with Crippen molar-refractivity contribution in [1.29, 1.82) is 5.26 Å². The fourth-order valence-electron chi connectivity index (χ4n) is 3.01. The number of piperazine rings is 1. The maximum atomic E-state index is 12.3. The number of alkyl halides is 3. The SMILES string of the molecule is C[C@@H]1CN(c2cc(=O)n(C)c3ccc(C#N)nc23)[C@@H](CO)CN1.O=C(O)C(F)(F)F. The van der Waals surface area contributed by atoms with E-state index < -0.39 is 12.1 Å². The number of aryl methyl sites for hydroxylation is 1. The molecule has 2 aromatic heterocycles. The van der Waals surface area contributed by atoms with Gasteiger partial charge in [-0.2, -0.15) is 18.4 Å². The molecule has 162 valence electrons. The van der Waals surface area contributed by atoms with Crippen LogP contribution in [0.5, 0.6) is 0 Å². The van der Waals surface area contributed by atoms with Crippen LogP contribution >= 0.6 is 0 Å². The number of nitrogens with one attached hydrogen (secondary N) is 1. The predicted octanol–water partition coefficient (Wildman–Crippen LogP) is 0.597. The van der Waals surface area contributed by atoms with Gasteiger partial charge in [0.25, 0.3) is 5.56 Å². The normalized spacial score (nSPS) is 19.0. The van der Waals surface area contributed by atoms with E-state index in [1.165, 1.54) is 10.6 Å². The van der Waals surface area contributed by atoms with Crippen LogP contribution in [-0.2, 0) is 11.8 Å². The number of pyridine rings is 2. The summed E-state index contributed by atoms with van der Waals surface area (Å²) in [5.74, 6) is -2.76. The van der Waals surface area contributed by atoms with Crippen molar-refractivity contribution in [3.05, 3.63) is 34.2 Å². The number of hydrogen-bond donors (Lipinski definition) is 3. The van der Waals surface area contributed by atoms with Gasteiger partial charge in [-0.15, -0.1) is 0 Å². The van der Waals surface area contributed by atoms with Crippen LogP contribution in [0.15, 0.2) is 23.0 Å². The van der Waals surface area contributed by atoms with E-state index in [4.69, 9.17) is 15.2 Å². The monoisotopic (exact) mass is 427 g/mol. The summed E-state index contributed by atoms with van der Waals surface area (Å²) >= 11 is 0. The van der Waals surface area contributed by atoms with Gasteiger partial charge < -0.3 is 25.0 Å². The molecular weight excluding hydrogens is 407 g/mol. The van der Waals surface area contributed by atoms with Crippen molar-refractivity contribution in [3.8, 4) is 6.07 Å². The van der Waals surface area contributed by atoms with Gasteiger partial charge in [-0.3, -0.25) is 4.79 Å². The Bertz CT molecular complexity index is 1030. The molecule has 0 saturated carbocycles. The molecule has 0 aromatic carbocycles. The number of nitrogens with zero attached hydrogens (tertiary/aromatic N) is 4. The summed E-state index contributed by atoms with van der Waals surface area (Å²) in [6.45, 7) is 3.32. The molecule has 1 aliphatic heterocycles. The van der Waals surface area contributed by atoms with Crippen molar-refractivity contribution in [2.75, 3.05) is 24.6 Å². The molecule has 0 amide bonds. The standard InChI is InChI=1S/C16H19N5O2.C2HF3O2/c1-10-8-21(12(9-22)7-18-10)14-5-15(23)20(2)13-4-3-11(6-17)19-16(13)14;3-2(4,5)1(6)7/h3-5,10,12,18,22H,7-9H2,1-2H3;(H,6,7)/t10-,12-;/m1./s1. The van der Waals surface area contributed by atoms with Crippen molar-refractivity contribution < 1.29 is 28.2 Å². The van der Waals surface area contributed by atoms with Gasteiger partial charge in [0, 0.05) is 32.2 Å². The number of rotatable bonds is 2. The molecule has 3 N–H and O–H groups in total. The van der Waals surface area contributed by atoms with Gasteiger partial charge in [0.1, 0.15) is 17.3 Å². The minimum absolute atomic E-state index is 0.0195. The number of hydrogen-bond acceptors (Lipinski definition) is 7. The number of carboxylic acid groups (broad SMARTS) is 1. The molecule has 3 rings (SSSR count). The van der Waals surface area contributed by atoms with Gasteiger partial charge in [-0.05, 0) is 19.1 Å². The fraction of sp³-hybridized carbons (Fsp3) is 0.444. The Morgan fingerprint density at radius 2 is 2.07 bits per heavy atom. The van der Waals surface area contributed by atoms with Crippen molar-refractivity contribution in [2.24, 2.45) is 7.05 Å². The van der Waals surface area contributed by atoms with E-state index in [0.29, 0.717) is 35.5 Å². The van der Waals surface area contributed by atoms with Gasteiger partial charge in [-0.1, -0.05) is 0 Å². The first-order valence-corrected chi connectivity index (χ1v) is 8.81. The molecule has 0 radical (unpaired) electrons. The topological polar surface area (TPSA) is 131 Å². The highest BCUT2D eigenvalue weighted by Crippen LogP contribution is 2.26. The number of aliphatic carboxylic acids is 1. The number of aromatic nitrogens is 2. The average molecular weight is 427 g/mol. The van der Waals surface area contributed by atoms with Crippen LogP contribution in [0.1, 0.15) is 12.6 Å². The molecule has 12 heteroatoms. The van der Waals surface area contributed by atoms with E-state index in [1.54, 1.807) is 19.2 Å². The van der Waals surface area contributed by atoms with E-state index in [0.717, 1.165) is 0 Å². The van der Waals surface area contributed by atoms with Gasteiger partial charge in [0.05, 0.1) is 23.9 Å². The van der Waals surface area contributed by atoms with E-state index >= 15 is 0 Å². The average Bonchev–Trinajstić information content (AvgIpc) is 2.70. The largest absolute Gasteiger partial charge is 0.490 e. The van der Waals surface area contributed by atoms with Crippen LogP contribution in [0.4, 0.5) is 18.9 Å².